The number of aromatic nitrogens is 3. The first kappa shape index (κ1) is 18.0. The van der Waals surface area contributed by atoms with Crippen LogP contribution in [0.4, 0.5) is 13.2 Å². The number of alkyl halides is 3. The second kappa shape index (κ2) is 7.94. The highest BCUT2D eigenvalue weighted by Crippen LogP contribution is 2.31. The van der Waals surface area contributed by atoms with E-state index in [1.54, 1.807) is 6.07 Å². The van der Waals surface area contributed by atoms with Gasteiger partial charge in [0.25, 0.3) is 0 Å². The molecule has 5 nitrogen and oxygen atoms in total. The van der Waals surface area contributed by atoms with E-state index in [0.717, 1.165) is 18.6 Å². The van der Waals surface area contributed by atoms with Crippen LogP contribution in [0.5, 0.6) is 0 Å². The smallest absolute Gasteiger partial charge is 0.349 e. The van der Waals surface area contributed by atoms with Crippen LogP contribution in [0.15, 0.2) is 36.9 Å². The average molecular weight is 340 g/mol. The zero-order valence-electron chi connectivity index (χ0n) is 13.3. The molecular weight excluding hydrogens is 321 g/mol. The van der Waals surface area contributed by atoms with Gasteiger partial charge < -0.3 is 5.32 Å². The van der Waals surface area contributed by atoms with Crippen molar-refractivity contribution in [3.05, 3.63) is 48.0 Å². The maximum absolute atomic E-state index is 12.9. The molecule has 1 unspecified atom stereocenters. The Labute approximate surface area is 137 Å². The van der Waals surface area contributed by atoms with Gasteiger partial charge in [-0.3, -0.25) is 9.48 Å². The zero-order valence-corrected chi connectivity index (χ0v) is 13.3. The van der Waals surface area contributed by atoms with Crippen molar-refractivity contribution in [3.63, 3.8) is 0 Å². The van der Waals surface area contributed by atoms with Crippen LogP contribution in [0.2, 0.25) is 0 Å². The molecule has 1 atom stereocenters. The summed E-state index contributed by atoms with van der Waals surface area (Å²) in [4.78, 5) is 15.9. The number of carbonyl (C=O) groups excluding carboxylic acids is 1. The van der Waals surface area contributed by atoms with Crippen molar-refractivity contribution < 1.29 is 18.0 Å². The first-order valence-corrected chi connectivity index (χ1v) is 7.69. The average Bonchev–Trinajstić information content (AvgIpc) is 3.05. The van der Waals surface area contributed by atoms with Crippen molar-refractivity contribution in [2.45, 2.75) is 44.9 Å². The van der Waals surface area contributed by atoms with Gasteiger partial charge in [-0.1, -0.05) is 25.5 Å². The van der Waals surface area contributed by atoms with Gasteiger partial charge in [-0.05, 0) is 24.1 Å². The van der Waals surface area contributed by atoms with Gasteiger partial charge in [0.2, 0.25) is 5.91 Å². The number of nitrogens with one attached hydrogen (secondary N) is 1. The third kappa shape index (κ3) is 5.07. The lowest BCUT2D eigenvalue weighted by atomic mass is 9.99. The van der Waals surface area contributed by atoms with Gasteiger partial charge >= 0.3 is 6.18 Å². The van der Waals surface area contributed by atoms with Crippen LogP contribution >= 0.6 is 0 Å². The molecule has 0 spiro atoms. The molecule has 8 heteroatoms. The lowest BCUT2D eigenvalue weighted by Crippen LogP contribution is -2.29. The molecule has 0 radical (unpaired) electrons. The Kier molecular flexibility index (Phi) is 5.94. The van der Waals surface area contributed by atoms with Gasteiger partial charge in [-0.2, -0.15) is 18.3 Å². The summed E-state index contributed by atoms with van der Waals surface area (Å²) in [5, 5.41) is 6.71. The molecule has 0 saturated carbocycles. The van der Waals surface area contributed by atoms with E-state index in [-0.39, 0.29) is 12.3 Å². The van der Waals surface area contributed by atoms with Gasteiger partial charge in [0.15, 0.2) is 0 Å². The van der Waals surface area contributed by atoms with Crippen LogP contribution in [-0.4, -0.2) is 20.7 Å². The molecule has 0 aliphatic heterocycles. The third-order valence-electron chi connectivity index (χ3n) is 3.56. The third-order valence-corrected chi connectivity index (χ3v) is 3.56. The van der Waals surface area contributed by atoms with E-state index in [4.69, 9.17) is 0 Å². The predicted molar refractivity (Wildman–Crippen MR) is 81.9 cm³/mol. The maximum atomic E-state index is 12.9. The Bertz CT molecular complexity index is 656. The highest BCUT2D eigenvalue weighted by atomic mass is 19.4. The Hall–Kier alpha value is -2.38. The van der Waals surface area contributed by atoms with Crippen LogP contribution in [0.1, 0.15) is 43.4 Å². The van der Waals surface area contributed by atoms with E-state index >= 15 is 0 Å². The van der Waals surface area contributed by atoms with Crippen LogP contribution < -0.4 is 5.32 Å². The lowest BCUT2D eigenvalue weighted by Gasteiger charge is -2.20. The van der Waals surface area contributed by atoms with E-state index in [9.17, 15) is 18.0 Å². The molecular formula is C16H19F3N4O. The van der Waals surface area contributed by atoms with Crippen molar-refractivity contribution in [2.75, 3.05) is 0 Å². The molecule has 0 fully saturated rings. The van der Waals surface area contributed by atoms with Crippen LogP contribution in [0.3, 0.4) is 0 Å². The molecule has 2 aromatic rings. The van der Waals surface area contributed by atoms with Crippen LogP contribution in [-0.2, 0) is 17.5 Å². The van der Waals surface area contributed by atoms with Crippen LogP contribution in [0, 0.1) is 0 Å². The molecule has 0 saturated heterocycles. The SMILES string of the molecule is CCCC(NC(=O)CCn1cncn1)c1cccc(C(F)(F)F)c1. The standard InChI is InChI=1S/C16H19F3N4O/c1-2-4-14(12-5-3-6-13(9-12)16(17,18)19)22-15(24)7-8-23-11-20-10-21-23/h3,5-6,9-11,14H,2,4,7-8H2,1H3,(H,22,24). The van der Waals surface area contributed by atoms with E-state index in [2.05, 4.69) is 15.4 Å². The highest BCUT2D eigenvalue weighted by Gasteiger charge is 2.31. The molecule has 130 valence electrons. The number of benzene rings is 1. The first-order valence-electron chi connectivity index (χ1n) is 7.69. The zero-order chi connectivity index (χ0) is 17.6. The lowest BCUT2D eigenvalue weighted by molar-refractivity contribution is -0.137. The number of amides is 1. The minimum atomic E-state index is -4.40. The molecule has 24 heavy (non-hydrogen) atoms. The summed E-state index contributed by atoms with van der Waals surface area (Å²) in [6.45, 7) is 2.29. The van der Waals surface area contributed by atoms with Gasteiger partial charge in [0, 0.05) is 6.42 Å². The van der Waals surface area contributed by atoms with Crippen LogP contribution in [0.25, 0.3) is 0 Å². The summed E-state index contributed by atoms with van der Waals surface area (Å²) in [5.74, 6) is -0.235. The number of hydrogen-bond donors (Lipinski definition) is 1. The summed E-state index contributed by atoms with van der Waals surface area (Å²) in [7, 11) is 0. The summed E-state index contributed by atoms with van der Waals surface area (Å²) < 4.78 is 40.1. The molecule has 1 aromatic heterocycles. The second-order valence-electron chi connectivity index (χ2n) is 5.44. The van der Waals surface area contributed by atoms with Crippen molar-refractivity contribution in [1.29, 1.82) is 0 Å². The van der Waals surface area contributed by atoms with E-state index in [1.807, 2.05) is 6.92 Å². The molecule has 0 aliphatic carbocycles. The number of halogens is 3. The summed E-state index contributed by atoms with van der Waals surface area (Å²) >= 11 is 0. The largest absolute Gasteiger partial charge is 0.416 e. The van der Waals surface area contributed by atoms with E-state index < -0.39 is 17.8 Å². The Morgan fingerprint density at radius 1 is 1.38 bits per heavy atom. The molecule has 2 rings (SSSR count). The number of rotatable bonds is 7. The number of aryl methyl sites for hydroxylation is 1. The van der Waals surface area contributed by atoms with Crippen molar-refractivity contribution in [3.8, 4) is 0 Å². The normalized spacial score (nSPS) is 12.8. The molecule has 0 aliphatic rings. The van der Waals surface area contributed by atoms with Gasteiger partial charge in [-0.25, -0.2) is 4.98 Å². The molecule has 1 aromatic carbocycles. The van der Waals surface area contributed by atoms with Gasteiger partial charge in [0.1, 0.15) is 12.7 Å². The monoisotopic (exact) mass is 340 g/mol. The highest BCUT2D eigenvalue weighted by molar-refractivity contribution is 5.76. The Balaban J connectivity index is 2.04. The van der Waals surface area contributed by atoms with E-state index in [1.165, 1.54) is 23.4 Å². The molecule has 1 heterocycles. The minimum Gasteiger partial charge on any atom is -0.349 e. The summed E-state index contributed by atoms with van der Waals surface area (Å²) in [6.07, 6.45) is -0.0307. The number of hydrogen-bond acceptors (Lipinski definition) is 3. The number of nitrogens with zero attached hydrogens (tertiary/aromatic N) is 3. The van der Waals surface area contributed by atoms with Gasteiger partial charge in [-0.15, -0.1) is 0 Å². The Morgan fingerprint density at radius 2 is 2.17 bits per heavy atom. The topological polar surface area (TPSA) is 59.8 Å². The minimum absolute atomic E-state index is 0.183. The predicted octanol–water partition coefficient (Wildman–Crippen LogP) is 3.34. The number of carbonyl (C=O) groups is 1. The summed E-state index contributed by atoms with van der Waals surface area (Å²) in [6, 6.07) is 4.65. The molecule has 1 amide bonds. The first-order chi connectivity index (χ1) is 11.4. The molecule has 0 bridgehead atoms. The van der Waals surface area contributed by atoms with E-state index in [0.29, 0.717) is 18.5 Å². The van der Waals surface area contributed by atoms with Crippen molar-refractivity contribution in [1.82, 2.24) is 20.1 Å². The second-order valence-corrected chi connectivity index (χ2v) is 5.44. The Morgan fingerprint density at radius 3 is 2.79 bits per heavy atom. The summed E-state index contributed by atoms with van der Waals surface area (Å²) in [5.41, 5.74) is -0.251. The quantitative estimate of drug-likeness (QED) is 0.841. The maximum Gasteiger partial charge on any atom is 0.416 e. The fraction of sp³-hybridized carbons (Fsp3) is 0.438. The fourth-order valence-electron chi connectivity index (χ4n) is 2.37. The van der Waals surface area contributed by atoms with Gasteiger partial charge in [0.05, 0.1) is 18.2 Å². The fourth-order valence-corrected chi connectivity index (χ4v) is 2.37. The van der Waals surface area contributed by atoms with Crippen molar-refractivity contribution >= 4 is 5.91 Å². The van der Waals surface area contributed by atoms with Crippen molar-refractivity contribution in [2.24, 2.45) is 0 Å². The molecule has 1 N–H and O–H groups in total.